The Morgan fingerprint density at radius 3 is 1.68 bits per heavy atom. The maximum absolute atomic E-state index is 11.2. The molecule has 0 heterocycles. The molecule has 160 valence electrons. The molecule has 5 heteroatoms. The third kappa shape index (κ3) is 9.08. The van der Waals surface area contributed by atoms with Gasteiger partial charge in [0.15, 0.2) is 0 Å². The number of ether oxygens (including phenoxy) is 2. The zero-order valence-electron chi connectivity index (χ0n) is 18.3. The number of carbonyl (C=O) groups is 2. The maximum Gasteiger partial charge on any atom is 0.306 e. The van der Waals surface area contributed by atoms with E-state index in [1.165, 1.54) is 51.4 Å². The highest BCUT2D eigenvalue weighted by Crippen LogP contribution is 2.49. The Morgan fingerprint density at radius 1 is 0.893 bits per heavy atom. The van der Waals surface area contributed by atoms with Crippen molar-refractivity contribution < 1.29 is 19.1 Å². The molecular formula is C23H39NO4. The first-order chi connectivity index (χ1) is 13.3. The van der Waals surface area contributed by atoms with E-state index in [0.29, 0.717) is 25.0 Å². The molecule has 2 fully saturated rings. The number of nitriles is 1. The first-order valence-corrected chi connectivity index (χ1v) is 11.0. The van der Waals surface area contributed by atoms with Crippen molar-refractivity contribution >= 4 is 11.9 Å². The fourth-order valence-corrected chi connectivity index (χ4v) is 3.96. The topological polar surface area (TPSA) is 76.4 Å². The van der Waals surface area contributed by atoms with Gasteiger partial charge in [-0.3, -0.25) is 9.59 Å². The van der Waals surface area contributed by atoms with E-state index in [9.17, 15) is 14.9 Å². The second kappa shape index (κ2) is 12.8. The Balaban J connectivity index is 0.000000289. The summed E-state index contributed by atoms with van der Waals surface area (Å²) in [5, 5.41) is 9.23. The van der Waals surface area contributed by atoms with Crippen molar-refractivity contribution in [2.45, 2.75) is 91.9 Å². The van der Waals surface area contributed by atoms with Crippen LogP contribution in [0.5, 0.6) is 0 Å². The van der Waals surface area contributed by atoms with Gasteiger partial charge in [-0.1, -0.05) is 53.4 Å². The second-order valence-corrected chi connectivity index (χ2v) is 9.11. The SMILES string of the molecule is CC(C)COC(=O)CCC(=O)OCC(C)C.N#CC1(C2CCCC2)CCCC1. The lowest BCUT2D eigenvalue weighted by Gasteiger charge is -2.27. The van der Waals surface area contributed by atoms with Crippen LogP contribution in [-0.4, -0.2) is 25.2 Å². The number of nitrogens with zero attached hydrogens (tertiary/aromatic N) is 1. The molecule has 5 nitrogen and oxygen atoms in total. The van der Waals surface area contributed by atoms with Gasteiger partial charge in [-0.05, 0) is 43.4 Å². The largest absolute Gasteiger partial charge is 0.465 e. The van der Waals surface area contributed by atoms with E-state index in [1.54, 1.807) is 0 Å². The summed E-state index contributed by atoms with van der Waals surface area (Å²) in [6.07, 6.45) is 10.6. The Hall–Kier alpha value is -1.57. The third-order valence-electron chi connectivity index (χ3n) is 5.54. The fraction of sp³-hybridized carbons (Fsp3) is 0.870. The van der Waals surface area contributed by atoms with Crippen molar-refractivity contribution in [1.29, 1.82) is 5.26 Å². The van der Waals surface area contributed by atoms with Gasteiger partial charge >= 0.3 is 11.9 Å². The number of carbonyl (C=O) groups excluding carboxylic acids is 2. The molecule has 0 aromatic rings. The molecule has 0 aliphatic heterocycles. The molecule has 28 heavy (non-hydrogen) atoms. The van der Waals surface area contributed by atoms with Crippen LogP contribution in [0.1, 0.15) is 91.9 Å². The molecule has 0 atom stereocenters. The first kappa shape index (κ1) is 24.5. The summed E-state index contributed by atoms with van der Waals surface area (Å²) in [4.78, 5) is 22.3. The van der Waals surface area contributed by atoms with Crippen molar-refractivity contribution in [3.63, 3.8) is 0 Å². The molecule has 2 aliphatic carbocycles. The van der Waals surface area contributed by atoms with Crippen LogP contribution in [0, 0.1) is 34.5 Å². The van der Waals surface area contributed by atoms with Crippen LogP contribution < -0.4 is 0 Å². The van der Waals surface area contributed by atoms with Gasteiger partial charge in [0, 0.05) is 0 Å². The number of rotatable bonds is 8. The summed E-state index contributed by atoms with van der Waals surface area (Å²) in [5.41, 5.74) is 0.122. The molecular weight excluding hydrogens is 354 g/mol. The highest BCUT2D eigenvalue weighted by molar-refractivity contribution is 5.77. The molecule has 2 saturated carbocycles. The zero-order valence-corrected chi connectivity index (χ0v) is 18.3. The van der Waals surface area contributed by atoms with E-state index in [2.05, 4.69) is 6.07 Å². The van der Waals surface area contributed by atoms with Crippen LogP contribution in [0.3, 0.4) is 0 Å². The van der Waals surface area contributed by atoms with E-state index in [0.717, 1.165) is 5.92 Å². The Labute approximate surface area is 171 Å². The summed E-state index contributed by atoms with van der Waals surface area (Å²) in [5.74, 6) is 0.712. The quantitative estimate of drug-likeness (QED) is 0.514. The predicted molar refractivity (Wildman–Crippen MR) is 109 cm³/mol. The highest BCUT2D eigenvalue weighted by atomic mass is 16.5. The van der Waals surface area contributed by atoms with Gasteiger partial charge in [0.2, 0.25) is 0 Å². The van der Waals surface area contributed by atoms with Crippen molar-refractivity contribution in [3.8, 4) is 6.07 Å². The highest BCUT2D eigenvalue weighted by Gasteiger charge is 2.42. The van der Waals surface area contributed by atoms with Crippen LogP contribution in [0.4, 0.5) is 0 Å². The summed E-state index contributed by atoms with van der Waals surface area (Å²) in [6.45, 7) is 8.66. The number of hydrogen-bond acceptors (Lipinski definition) is 5. The van der Waals surface area contributed by atoms with Crippen molar-refractivity contribution in [3.05, 3.63) is 0 Å². The Kier molecular flexibility index (Phi) is 11.2. The molecule has 0 aromatic carbocycles. The van der Waals surface area contributed by atoms with Gasteiger partial charge in [0.25, 0.3) is 0 Å². The minimum Gasteiger partial charge on any atom is -0.465 e. The van der Waals surface area contributed by atoms with E-state index >= 15 is 0 Å². The molecule has 0 radical (unpaired) electrons. The minimum atomic E-state index is -0.338. The molecule has 0 unspecified atom stereocenters. The molecule has 0 saturated heterocycles. The minimum absolute atomic E-state index is 0.101. The predicted octanol–water partition coefficient (Wildman–Crippen LogP) is 5.43. The lowest BCUT2D eigenvalue weighted by Crippen LogP contribution is -2.23. The number of esters is 2. The Bertz CT molecular complexity index is 485. The lowest BCUT2D eigenvalue weighted by atomic mass is 9.74. The number of hydrogen-bond donors (Lipinski definition) is 0. The summed E-state index contributed by atoms with van der Waals surface area (Å²) in [7, 11) is 0. The molecule has 0 bridgehead atoms. The fourth-order valence-electron chi connectivity index (χ4n) is 3.96. The molecule has 2 aliphatic rings. The summed E-state index contributed by atoms with van der Waals surface area (Å²) >= 11 is 0. The summed E-state index contributed by atoms with van der Waals surface area (Å²) in [6, 6.07) is 2.62. The van der Waals surface area contributed by atoms with Gasteiger partial charge < -0.3 is 9.47 Å². The Morgan fingerprint density at radius 2 is 1.32 bits per heavy atom. The molecule has 2 rings (SSSR count). The second-order valence-electron chi connectivity index (χ2n) is 9.11. The van der Waals surface area contributed by atoms with Gasteiger partial charge in [0.05, 0.1) is 37.5 Å². The smallest absolute Gasteiger partial charge is 0.306 e. The van der Waals surface area contributed by atoms with E-state index in [1.807, 2.05) is 27.7 Å². The van der Waals surface area contributed by atoms with Crippen molar-refractivity contribution in [2.24, 2.45) is 23.2 Å². The normalized spacial score (nSPS) is 18.5. The van der Waals surface area contributed by atoms with Crippen molar-refractivity contribution in [1.82, 2.24) is 0 Å². The van der Waals surface area contributed by atoms with Crippen molar-refractivity contribution in [2.75, 3.05) is 13.2 Å². The zero-order chi connectivity index (χ0) is 21.0. The van der Waals surface area contributed by atoms with Crippen LogP contribution in [0.2, 0.25) is 0 Å². The van der Waals surface area contributed by atoms with Crippen LogP contribution >= 0.6 is 0 Å². The standard InChI is InChI=1S/C12H22O4.C11H17N/c1-9(2)7-15-11(13)5-6-12(14)16-8-10(3)4;12-9-11(7-3-4-8-11)10-5-1-2-6-10/h9-10H,5-8H2,1-4H3;10H,1-8H2. The van der Waals surface area contributed by atoms with Crippen LogP contribution in [-0.2, 0) is 19.1 Å². The van der Waals surface area contributed by atoms with E-state index < -0.39 is 0 Å². The lowest BCUT2D eigenvalue weighted by molar-refractivity contribution is -0.151. The molecule has 0 aromatic heterocycles. The average Bonchev–Trinajstić information content (AvgIpc) is 3.35. The van der Waals surface area contributed by atoms with E-state index in [4.69, 9.17) is 9.47 Å². The van der Waals surface area contributed by atoms with E-state index in [-0.39, 0.29) is 30.2 Å². The molecule has 0 amide bonds. The van der Waals surface area contributed by atoms with Crippen LogP contribution in [0.15, 0.2) is 0 Å². The van der Waals surface area contributed by atoms with Gasteiger partial charge in [-0.25, -0.2) is 0 Å². The third-order valence-corrected chi connectivity index (χ3v) is 5.54. The van der Waals surface area contributed by atoms with Crippen LogP contribution in [0.25, 0.3) is 0 Å². The van der Waals surface area contributed by atoms with Gasteiger partial charge in [0.1, 0.15) is 0 Å². The monoisotopic (exact) mass is 393 g/mol. The molecule has 0 N–H and O–H groups in total. The average molecular weight is 394 g/mol. The van der Waals surface area contributed by atoms with Gasteiger partial charge in [-0.15, -0.1) is 0 Å². The first-order valence-electron chi connectivity index (χ1n) is 11.0. The van der Waals surface area contributed by atoms with Gasteiger partial charge in [-0.2, -0.15) is 5.26 Å². The maximum atomic E-state index is 11.2. The summed E-state index contributed by atoms with van der Waals surface area (Å²) < 4.78 is 9.87. The molecule has 0 spiro atoms.